The van der Waals surface area contributed by atoms with Crippen LogP contribution in [0, 0.1) is 0 Å². The summed E-state index contributed by atoms with van der Waals surface area (Å²) in [6, 6.07) is 9.43. The molecular formula is C9H7NO2. The Morgan fingerprint density at radius 3 is 2.58 bits per heavy atom. The van der Waals surface area contributed by atoms with Crippen molar-refractivity contribution in [1.29, 1.82) is 0 Å². The molecule has 1 aromatic carbocycles. The third-order valence-corrected chi connectivity index (χ3v) is 1.63. The molecule has 0 bridgehead atoms. The van der Waals surface area contributed by atoms with Crippen LogP contribution in [0.4, 0.5) is 0 Å². The molecule has 1 aliphatic heterocycles. The van der Waals surface area contributed by atoms with E-state index in [-0.39, 0.29) is 5.97 Å². The van der Waals surface area contributed by atoms with Gasteiger partial charge in [0.25, 0.3) is 0 Å². The van der Waals surface area contributed by atoms with E-state index in [1.54, 1.807) is 0 Å². The van der Waals surface area contributed by atoms with Crippen molar-refractivity contribution in [2.75, 3.05) is 0 Å². The number of carbonyl (C=O) groups is 1. The lowest BCUT2D eigenvalue weighted by Crippen LogP contribution is -2.00. The van der Waals surface area contributed by atoms with Crippen molar-refractivity contribution in [3.05, 3.63) is 35.9 Å². The summed E-state index contributed by atoms with van der Waals surface area (Å²) in [4.78, 5) is 14.5. The van der Waals surface area contributed by atoms with Gasteiger partial charge in [0.15, 0.2) is 0 Å². The normalized spacial score (nSPS) is 21.0. The average Bonchev–Trinajstić information content (AvgIpc) is 2.54. The van der Waals surface area contributed by atoms with E-state index in [1.165, 1.54) is 6.21 Å². The first-order valence-electron chi connectivity index (χ1n) is 3.65. The summed E-state index contributed by atoms with van der Waals surface area (Å²) in [7, 11) is 0. The number of ether oxygens (including phenoxy) is 1. The fourth-order valence-electron chi connectivity index (χ4n) is 1.07. The van der Waals surface area contributed by atoms with Gasteiger partial charge < -0.3 is 4.74 Å². The van der Waals surface area contributed by atoms with Crippen molar-refractivity contribution in [2.45, 2.75) is 6.23 Å². The highest BCUT2D eigenvalue weighted by Crippen LogP contribution is 2.21. The molecule has 60 valence electrons. The number of hydrogen-bond donors (Lipinski definition) is 0. The first-order chi connectivity index (χ1) is 5.86. The van der Waals surface area contributed by atoms with Gasteiger partial charge in [0.2, 0.25) is 6.23 Å². The Bertz CT molecular complexity index is 319. The Kier molecular flexibility index (Phi) is 1.63. The van der Waals surface area contributed by atoms with Crippen LogP contribution in [-0.2, 0) is 9.53 Å². The maximum atomic E-state index is 10.7. The van der Waals surface area contributed by atoms with Crippen LogP contribution in [0.1, 0.15) is 11.8 Å². The van der Waals surface area contributed by atoms with Gasteiger partial charge in [0.05, 0.1) is 0 Å². The van der Waals surface area contributed by atoms with Crippen molar-refractivity contribution >= 4 is 12.2 Å². The van der Waals surface area contributed by atoms with Crippen molar-refractivity contribution < 1.29 is 9.53 Å². The summed E-state index contributed by atoms with van der Waals surface area (Å²) in [5.74, 6) is -0.371. The molecule has 2 rings (SSSR count). The molecule has 0 aliphatic carbocycles. The number of carbonyl (C=O) groups excluding carboxylic acids is 1. The van der Waals surface area contributed by atoms with Crippen LogP contribution in [0.15, 0.2) is 35.3 Å². The van der Waals surface area contributed by atoms with E-state index in [4.69, 9.17) is 4.74 Å². The number of benzene rings is 1. The highest BCUT2D eigenvalue weighted by molar-refractivity contribution is 6.24. The van der Waals surface area contributed by atoms with Crippen LogP contribution in [-0.4, -0.2) is 12.2 Å². The molecule has 1 atom stereocenters. The molecule has 0 N–H and O–H groups in total. The van der Waals surface area contributed by atoms with Crippen LogP contribution < -0.4 is 0 Å². The van der Waals surface area contributed by atoms with Gasteiger partial charge in [0, 0.05) is 5.56 Å². The number of aliphatic imine (C=N–C) groups is 1. The first-order valence-corrected chi connectivity index (χ1v) is 3.65. The minimum Gasteiger partial charge on any atom is -0.431 e. The molecule has 0 radical (unpaired) electrons. The van der Waals surface area contributed by atoms with Gasteiger partial charge in [-0.25, -0.2) is 9.79 Å². The lowest BCUT2D eigenvalue weighted by Gasteiger charge is -2.05. The molecule has 3 heteroatoms. The number of esters is 1. The predicted molar refractivity (Wildman–Crippen MR) is 43.8 cm³/mol. The fraction of sp³-hybridized carbons (Fsp3) is 0.111. The number of rotatable bonds is 1. The van der Waals surface area contributed by atoms with E-state index < -0.39 is 6.23 Å². The largest absolute Gasteiger partial charge is 0.431 e. The molecule has 0 saturated carbocycles. The summed E-state index contributed by atoms with van der Waals surface area (Å²) >= 11 is 0. The van der Waals surface area contributed by atoms with Crippen LogP contribution in [0.2, 0.25) is 0 Å². The molecule has 12 heavy (non-hydrogen) atoms. The highest BCUT2D eigenvalue weighted by Gasteiger charge is 2.18. The zero-order valence-electron chi connectivity index (χ0n) is 6.31. The quantitative estimate of drug-likeness (QED) is 0.582. The van der Waals surface area contributed by atoms with E-state index in [9.17, 15) is 4.79 Å². The number of hydrogen-bond acceptors (Lipinski definition) is 3. The van der Waals surface area contributed by atoms with Gasteiger partial charge in [-0.3, -0.25) is 0 Å². The summed E-state index contributed by atoms with van der Waals surface area (Å²) in [6.07, 6.45) is 0.774. The van der Waals surface area contributed by atoms with Crippen molar-refractivity contribution in [1.82, 2.24) is 0 Å². The van der Waals surface area contributed by atoms with Gasteiger partial charge in [-0.05, 0) is 0 Å². The minimum atomic E-state index is -0.432. The van der Waals surface area contributed by atoms with Crippen LogP contribution in [0.3, 0.4) is 0 Å². The second-order valence-electron chi connectivity index (χ2n) is 2.48. The Labute approximate surface area is 69.7 Å². The smallest absolute Gasteiger partial charge is 0.351 e. The third-order valence-electron chi connectivity index (χ3n) is 1.63. The van der Waals surface area contributed by atoms with E-state index in [1.807, 2.05) is 30.3 Å². The van der Waals surface area contributed by atoms with Crippen molar-refractivity contribution in [3.8, 4) is 0 Å². The summed E-state index contributed by atoms with van der Waals surface area (Å²) in [6.45, 7) is 0. The number of nitrogens with zero attached hydrogens (tertiary/aromatic N) is 1. The summed E-state index contributed by atoms with van der Waals surface area (Å²) in [5, 5.41) is 0. The molecule has 0 spiro atoms. The lowest BCUT2D eigenvalue weighted by atomic mass is 10.2. The molecule has 3 nitrogen and oxygen atoms in total. The molecule has 1 aliphatic rings. The molecule has 0 amide bonds. The fourth-order valence-corrected chi connectivity index (χ4v) is 1.07. The summed E-state index contributed by atoms with van der Waals surface area (Å²) < 4.78 is 4.89. The molecular weight excluding hydrogens is 154 g/mol. The van der Waals surface area contributed by atoms with Gasteiger partial charge in [-0.1, -0.05) is 30.3 Å². The molecule has 1 heterocycles. The monoisotopic (exact) mass is 161 g/mol. The Hall–Kier alpha value is -1.64. The maximum absolute atomic E-state index is 10.7. The predicted octanol–water partition coefficient (Wildman–Crippen LogP) is 1.31. The zero-order chi connectivity index (χ0) is 8.39. The summed E-state index contributed by atoms with van der Waals surface area (Å²) in [5.41, 5.74) is 0.902. The van der Waals surface area contributed by atoms with Gasteiger partial charge in [0.1, 0.15) is 6.21 Å². The Morgan fingerprint density at radius 1 is 1.25 bits per heavy atom. The van der Waals surface area contributed by atoms with E-state index in [2.05, 4.69) is 4.99 Å². The second-order valence-corrected chi connectivity index (χ2v) is 2.48. The standard InChI is InChI=1S/C9H7NO2/c11-8-6-10-9(12-8)7-4-2-1-3-5-7/h1-6,9H. The molecule has 0 saturated heterocycles. The van der Waals surface area contributed by atoms with E-state index >= 15 is 0 Å². The zero-order valence-corrected chi connectivity index (χ0v) is 6.31. The highest BCUT2D eigenvalue weighted by atomic mass is 16.6. The molecule has 1 aromatic rings. The average molecular weight is 161 g/mol. The third kappa shape index (κ3) is 1.21. The first kappa shape index (κ1) is 7.03. The SMILES string of the molecule is O=C1C=NC(c2ccccc2)O1. The molecule has 1 unspecified atom stereocenters. The van der Waals surface area contributed by atoms with Gasteiger partial charge in [-0.15, -0.1) is 0 Å². The van der Waals surface area contributed by atoms with Crippen LogP contribution in [0.25, 0.3) is 0 Å². The van der Waals surface area contributed by atoms with E-state index in [0.717, 1.165) is 5.56 Å². The van der Waals surface area contributed by atoms with E-state index in [0.29, 0.717) is 0 Å². The lowest BCUT2D eigenvalue weighted by molar-refractivity contribution is -0.137. The topological polar surface area (TPSA) is 38.7 Å². The van der Waals surface area contributed by atoms with Gasteiger partial charge in [-0.2, -0.15) is 0 Å². The molecule has 0 fully saturated rings. The number of cyclic esters (lactones) is 1. The van der Waals surface area contributed by atoms with Crippen molar-refractivity contribution in [3.63, 3.8) is 0 Å². The minimum absolute atomic E-state index is 0.371. The molecule has 0 aromatic heterocycles. The Morgan fingerprint density at radius 2 is 2.00 bits per heavy atom. The van der Waals surface area contributed by atoms with Crippen molar-refractivity contribution in [2.24, 2.45) is 4.99 Å². The Balaban J connectivity index is 2.23. The second kappa shape index (κ2) is 2.77. The van der Waals surface area contributed by atoms with Crippen LogP contribution >= 0.6 is 0 Å². The van der Waals surface area contributed by atoms with Crippen LogP contribution in [0.5, 0.6) is 0 Å². The van der Waals surface area contributed by atoms with Gasteiger partial charge >= 0.3 is 5.97 Å². The maximum Gasteiger partial charge on any atom is 0.351 e.